The first-order valence-corrected chi connectivity index (χ1v) is 12.3. The van der Waals surface area contributed by atoms with Crippen LogP contribution < -0.4 is 5.32 Å². The lowest BCUT2D eigenvalue weighted by molar-refractivity contribution is -0.127. The number of carbonyl (C=O) groups is 1. The van der Waals surface area contributed by atoms with Crippen LogP contribution in [0.5, 0.6) is 0 Å². The summed E-state index contributed by atoms with van der Waals surface area (Å²) in [4.78, 5) is 15.1. The van der Waals surface area contributed by atoms with Crippen molar-refractivity contribution in [1.82, 2.24) is 24.6 Å². The summed E-state index contributed by atoms with van der Waals surface area (Å²) >= 11 is 0. The molecule has 2 aromatic heterocycles. The zero-order valence-corrected chi connectivity index (χ0v) is 20.5. The van der Waals surface area contributed by atoms with E-state index in [0.717, 1.165) is 0 Å². The largest absolute Gasteiger partial charge is 0.425 e. The highest BCUT2D eigenvalue weighted by Crippen LogP contribution is 2.32. The molecule has 11 nitrogen and oxygen atoms in total. The molecule has 178 valence electrons. The van der Waals surface area contributed by atoms with E-state index in [2.05, 4.69) is 20.7 Å². The average Bonchev–Trinajstić information content (AvgIpc) is 3.36. The van der Waals surface area contributed by atoms with E-state index < -0.39 is 21.0 Å². The molecule has 0 atom stereocenters. The fraction of sp³-hybridized carbons (Fsp3) is 0.700. The van der Waals surface area contributed by atoms with Crippen molar-refractivity contribution >= 4 is 21.8 Å². The standard InChI is InChI=1S/C20H32N6O5S/c1-13-22-23-18(30-13)19(2,3)15-12-16(31-24-15)21-17(27)20(4,5)25(6)14-8-10-26(11-9-14)32(7,28)29/h12,14H,8-11H2,1-7H3,(H,21,27). The summed E-state index contributed by atoms with van der Waals surface area (Å²) in [5.41, 5.74) is -0.992. The number of likely N-dealkylation sites (N-methyl/N-ethyl adjacent to an activating group) is 1. The van der Waals surface area contributed by atoms with Gasteiger partial charge in [-0.1, -0.05) is 5.16 Å². The highest BCUT2D eigenvalue weighted by atomic mass is 32.2. The molecular formula is C20H32N6O5S. The van der Waals surface area contributed by atoms with Crippen molar-refractivity contribution < 1.29 is 22.2 Å². The third-order valence-electron chi connectivity index (χ3n) is 6.33. The zero-order chi connectivity index (χ0) is 23.9. The maximum absolute atomic E-state index is 13.1. The van der Waals surface area contributed by atoms with Crippen molar-refractivity contribution in [3.05, 3.63) is 23.5 Å². The molecule has 1 aliphatic rings. The van der Waals surface area contributed by atoms with Crippen LogP contribution >= 0.6 is 0 Å². The Bertz CT molecular complexity index is 1070. The van der Waals surface area contributed by atoms with Crippen molar-refractivity contribution in [1.29, 1.82) is 0 Å². The molecule has 3 heterocycles. The van der Waals surface area contributed by atoms with E-state index >= 15 is 0 Å². The number of aromatic nitrogens is 3. The van der Waals surface area contributed by atoms with Crippen LogP contribution in [0.4, 0.5) is 5.88 Å². The molecular weight excluding hydrogens is 436 g/mol. The fourth-order valence-corrected chi connectivity index (χ4v) is 4.60. The number of nitrogens with one attached hydrogen (secondary N) is 1. The number of aryl methyl sites for hydroxylation is 1. The number of sulfonamides is 1. The molecule has 32 heavy (non-hydrogen) atoms. The fourth-order valence-electron chi connectivity index (χ4n) is 3.73. The molecule has 3 rings (SSSR count). The number of hydrogen-bond acceptors (Lipinski definition) is 9. The molecule has 2 aromatic rings. The SMILES string of the molecule is Cc1nnc(C(C)(C)c2cc(NC(=O)C(C)(C)N(C)C3CCN(S(C)(=O)=O)CC3)on2)o1. The summed E-state index contributed by atoms with van der Waals surface area (Å²) in [7, 11) is -1.31. The number of hydrogen-bond donors (Lipinski definition) is 1. The van der Waals surface area contributed by atoms with E-state index in [1.54, 1.807) is 13.0 Å². The molecule has 0 radical (unpaired) electrons. The molecule has 1 aliphatic heterocycles. The van der Waals surface area contributed by atoms with Gasteiger partial charge < -0.3 is 8.94 Å². The van der Waals surface area contributed by atoms with Crippen LogP contribution in [0.3, 0.4) is 0 Å². The minimum Gasteiger partial charge on any atom is -0.425 e. The van der Waals surface area contributed by atoms with Gasteiger partial charge in [0.25, 0.3) is 0 Å². The Morgan fingerprint density at radius 1 is 1.22 bits per heavy atom. The predicted octanol–water partition coefficient (Wildman–Crippen LogP) is 1.76. The second-order valence-electron chi connectivity index (χ2n) is 9.34. The lowest BCUT2D eigenvalue weighted by Gasteiger charge is -2.43. The van der Waals surface area contributed by atoms with E-state index in [1.807, 2.05) is 39.6 Å². The van der Waals surface area contributed by atoms with Crippen LogP contribution in [0.25, 0.3) is 0 Å². The number of rotatable bonds is 7. The lowest BCUT2D eigenvalue weighted by Crippen LogP contribution is -2.57. The number of anilines is 1. The van der Waals surface area contributed by atoms with Gasteiger partial charge in [0, 0.05) is 32.1 Å². The second-order valence-corrected chi connectivity index (χ2v) is 11.3. The van der Waals surface area contributed by atoms with Gasteiger partial charge in [0.1, 0.15) is 5.69 Å². The van der Waals surface area contributed by atoms with Crippen molar-refractivity contribution in [3.63, 3.8) is 0 Å². The normalized spacial score (nSPS) is 17.1. The van der Waals surface area contributed by atoms with Crippen molar-refractivity contribution in [2.45, 2.75) is 64.5 Å². The van der Waals surface area contributed by atoms with E-state index in [9.17, 15) is 13.2 Å². The van der Waals surface area contributed by atoms with Gasteiger partial charge in [-0.05, 0) is 47.6 Å². The van der Waals surface area contributed by atoms with Gasteiger partial charge in [0.05, 0.1) is 17.2 Å². The van der Waals surface area contributed by atoms with Gasteiger partial charge in [0.15, 0.2) is 0 Å². The third-order valence-corrected chi connectivity index (χ3v) is 7.63. The lowest BCUT2D eigenvalue weighted by atomic mass is 9.89. The first kappa shape index (κ1) is 24.3. The summed E-state index contributed by atoms with van der Waals surface area (Å²) in [5.74, 6) is 0.835. The highest BCUT2D eigenvalue weighted by Gasteiger charge is 2.39. The minimum absolute atomic E-state index is 0.0822. The Labute approximate surface area is 188 Å². The quantitative estimate of drug-likeness (QED) is 0.645. The zero-order valence-electron chi connectivity index (χ0n) is 19.7. The number of amides is 1. The van der Waals surface area contributed by atoms with E-state index in [-0.39, 0.29) is 17.8 Å². The van der Waals surface area contributed by atoms with Crippen LogP contribution in [0.15, 0.2) is 15.0 Å². The summed E-state index contributed by atoms with van der Waals surface area (Å²) in [6.45, 7) is 10.0. The van der Waals surface area contributed by atoms with Crippen LogP contribution in [0.1, 0.15) is 58.0 Å². The second kappa shape index (κ2) is 8.56. The topological polar surface area (TPSA) is 135 Å². The molecule has 0 aromatic carbocycles. The van der Waals surface area contributed by atoms with Crippen LogP contribution in [0.2, 0.25) is 0 Å². The molecule has 0 bridgehead atoms. The molecule has 1 N–H and O–H groups in total. The Hall–Kier alpha value is -2.31. The molecule has 0 aliphatic carbocycles. The molecule has 1 amide bonds. The summed E-state index contributed by atoms with van der Waals surface area (Å²) in [5, 5.41) is 14.8. The van der Waals surface area contributed by atoms with Crippen LogP contribution in [-0.4, -0.2) is 76.9 Å². The smallest absolute Gasteiger partial charge is 0.246 e. The summed E-state index contributed by atoms with van der Waals surface area (Å²) in [6.07, 6.45) is 2.54. The number of nitrogens with zero attached hydrogens (tertiary/aromatic N) is 5. The van der Waals surface area contributed by atoms with E-state index in [0.29, 0.717) is 43.4 Å². The number of piperidine rings is 1. The summed E-state index contributed by atoms with van der Waals surface area (Å²) < 4.78 is 35.9. The maximum Gasteiger partial charge on any atom is 0.246 e. The van der Waals surface area contributed by atoms with Crippen molar-refractivity contribution in [2.24, 2.45) is 0 Å². The molecule has 0 spiro atoms. The Balaban J connectivity index is 1.66. The minimum atomic E-state index is -3.19. The molecule has 1 saturated heterocycles. The van der Waals surface area contributed by atoms with Gasteiger partial charge in [-0.25, -0.2) is 12.7 Å². The third kappa shape index (κ3) is 4.86. The highest BCUT2D eigenvalue weighted by molar-refractivity contribution is 7.88. The Kier molecular flexibility index (Phi) is 6.51. The van der Waals surface area contributed by atoms with Gasteiger partial charge >= 0.3 is 0 Å². The molecule has 0 unspecified atom stereocenters. The molecule has 0 saturated carbocycles. The van der Waals surface area contributed by atoms with E-state index in [1.165, 1.54) is 10.6 Å². The van der Waals surface area contributed by atoms with Gasteiger partial charge in [0.2, 0.25) is 33.6 Å². The van der Waals surface area contributed by atoms with Gasteiger partial charge in [-0.2, -0.15) is 0 Å². The van der Waals surface area contributed by atoms with Crippen molar-refractivity contribution in [3.8, 4) is 0 Å². The maximum atomic E-state index is 13.1. The average molecular weight is 469 g/mol. The molecule has 12 heteroatoms. The van der Waals surface area contributed by atoms with Crippen LogP contribution in [0, 0.1) is 6.92 Å². The van der Waals surface area contributed by atoms with E-state index in [4.69, 9.17) is 8.94 Å². The first-order chi connectivity index (χ1) is 14.7. The number of carbonyl (C=O) groups excluding carboxylic acids is 1. The monoisotopic (exact) mass is 468 g/mol. The first-order valence-electron chi connectivity index (χ1n) is 10.5. The summed E-state index contributed by atoms with van der Waals surface area (Å²) in [6, 6.07) is 1.73. The Morgan fingerprint density at radius 3 is 2.38 bits per heavy atom. The van der Waals surface area contributed by atoms with Gasteiger partial charge in [-0.3, -0.25) is 15.0 Å². The van der Waals surface area contributed by atoms with Crippen molar-refractivity contribution in [2.75, 3.05) is 31.7 Å². The Morgan fingerprint density at radius 2 is 1.84 bits per heavy atom. The molecule has 1 fully saturated rings. The van der Waals surface area contributed by atoms with Gasteiger partial charge in [-0.15, -0.1) is 10.2 Å². The van der Waals surface area contributed by atoms with Crippen LogP contribution in [-0.2, 0) is 20.2 Å². The predicted molar refractivity (Wildman–Crippen MR) is 118 cm³/mol.